The van der Waals surface area contributed by atoms with E-state index < -0.39 is 5.60 Å². The summed E-state index contributed by atoms with van der Waals surface area (Å²) in [5.41, 5.74) is 2.72. The molecule has 3 amide bonds. The number of pyridine rings is 1. The van der Waals surface area contributed by atoms with Gasteiger partial charge in [0.15, 0.2) is 0 Å². The van der Waals surface area contributed by atoms with Gasteiger partial charge in [-0.25, -0.2) is 9.78 Å². The summed E-state index contributed by atoms with van der Waals surface area (Å²) < 4.78 is 12.0. The van der Waals surface area contributed by atoms with Gasteiger partial charge in [0, 0.05) is 56.0 Å². The Kier molecular flexibility index (Phi) is 9.83. The number of thiophene rings is 1. The molecule has 1 aliphatic rings. The highest BCUT2D eigenvalue weighted by Gasteiger charge is 2.36. The van der Waals surface area contributed by atoms with Crippen molar-refractivity contribution in [3.05, 3.63) is 100 Å². The summed E-state index contributed by atoms with van der Waals surface area (Å²) in [6, 6.07) is 22.9. The zero-order valence-electron chi connectivity index (χ0n) is 26.0. The Labute approximate surface area is 267 Å². The second-order valence-corrected chi connectivity index (χ2v) is 12.8. The van der Waals surface area contributed by atoms with Crippen LogP contribution in [-0.4, -0.2) is 64.0 Å². The fraction of sp³-hybridized carbons (Fsp3) is 0.314. The predicted molar refractivity (Wildman–Crippen MR) is 174 cm³/mol. The molecule has 1 atom stereocenters. The molecule has 1 unspecified atom stereocenters. The van der Waals surface area contributed by atoms with E-state index in [9.17, 15) is 14.4 Å². The van der Waals surface area contributed by atoms with Gasteiger partial charge in [0.2, 0.25) is 11.8 Å². The third-order valence-corrected chi connectivity index (χ3v) is 8.23. The molecule has 1 saturated heterocycles. The van der Waals surface area contributed by atoms with Crippen molar-refractivity contribution in [2.24, 2.45) is 0 Å². The third-order valence-electron chi connectivity index (χ3n) is 7.33. The van der Waals surface area contributed by atoms with Gasteiger partial charge in [0.05, 0.1) is 10.9 Å². The second-order valence-electron chi connectivity index (χ2n) is 11.9. The van der Waals surface area contributed by atoms with E-state index in [0.717, 1.165) is 22.3 Å². The van der Waals surface area contributed by atoms with Crippen LogP contribution in [0.5, 0.6) is 11.6 Å². The zero-order valence-corrected chi connectivity index (χ0v) is 26.8. The van der Waals surface area contributed by atoms with Crippen molar-refractivity contribution in [3.8, 4) is 22.8 Å². The van der Waals surface area contributed by atoms with Crippen molar-refractivity contribution in [3.63, 3.8) is 0 Å². The Bertz CT molecular complexity index is 1650. The first kappa shape index (κ1) is 31.7. The molecule has 10 heteroatoms. The van der Waals surface area contributed by atoms with Gasteiger partial charge in [-0.15, -0.1) is 11.3 Å². The van der Waals surface area contributed by atoms with Crippen LogP contribution in [0.25, 0.3) is 11.1 Å². The van der Waals surface area contributed by atoms with Crippen LogP contribution in [0.2, 0.25) is 0 Å². The average Bonchev–Trinajstić information content (AvgIpc) is 3.50. The minimum Gasteiger partial charge on any atom is -0.444 e. The summed E-state index contributed by atoms with van der Waals surface area (Å²) in [6.07, 6.45) is 1.87. The molecule has 1 N–H and O–H groups in total. The second kappa shape index (κ2) is 13.9. The summed E-state index contributed by atoms with van der Waals surface area (Å²) in [4.78, 5) is 47.5. The Morgan fingerprint density at radius 3 is 2.47 bits per heavy atom. The number of carbonyl (C=O) groups excluding carboxylic acids is 3. The molecule has 0 bridgehead atoms. The van der Waals surface area contributed by atoms with Crippen molar-refractivity contribution < 1.29 is 23.9 Å². The average molecular weight is 627 g/mol. The Morgan fingerprint density at radius 1 is 0.956 bits per heavy atom. The first-order chi connectivity index (χ1) is 21.6. The van der Waals surface area contributed by atoms with Gasteiger partial charge in [-0.1, -0.05) is 54.6 Å². The van der Waals surface area contributed by atoms with E-state index in [1.807, 2.05) is 97.8 Å². The van der Waals surface area contributed by atoms with E-state index in [-0.39, 0.29) is 30.5 Å². The van der Waals surface area contributed by atoms with E-state index in [4.69, 9.17) is 9.47 Å². The van der Waals surface area contributed by atoms with E-state index in [0.29, 0.717) is 42.6 Å². The number of hydrogen-bond donors (Lipinski definition) is 1. The molecule has 4 aromatic rings. The summed E-state index contributed by atoms with van der Waals surface area (Å²) in [7, 11) is 0. The lowest BCUT2D eigenvalue weighted by Crippen LogP contribution is -2.57. The van der Waals surface area contributed by atoms with Crippen LogP contribution in [0.1, 0.15) is 48.5 Å². The van der Waals surface area contributed by atoms with Crippen LogP contribution >= 0.6 is 11.3 Å². The molecule has 1 fully saturated rings. The topological polar surface area (TPSA) is 101 Å². The van der Waals surface area contributed by atoms with E-state index >= 15 is 0 Å². The van der Waals surface area contributed by atoms with Crippen LogP contribution in [0, 0.1) is 0 Å². The Morgan fingerprint density at radius 2 is 1.71 bits per heavy atom. The van der Waals surface area contributed by atoms with Gasteiger partial charge in [-0.05, 0) is 56.3 Å². The lowest BCUT2D eigenvalue weighted by molar-refractivity contribution is -0.119. The molecule has 2 aromatic carbocycles. The maximum atomic E-state index is 14.3. The molecule has 5 rings (SSSR count). The molecule has 2 aromatic heterocycles. The zero-order chi connectivity index (χ0) is 32.0. The fourth-order valence-corrected chi connectivity index (χ4v) is 6.11. The maximum absolute atomic E-state index is 14.3. The normalized spacial score (nSPS) is 15.0. The molecule has 0 spiro atoms. The number of piperazine rings is 1. The van der Waals surface area contributed by atoms with Crippen molar-refractivity contribution in [1.29, 1.82) is 0 Å². The van der Waals surface area contributed by atoms with Crippen LogP contribution in [0.3, 0.4) is 0 Å². The van der Waals surface area contributed by atoms with E-state index in [1.54, 1.807) is 17.2 Å². The fourth-order valence-electron chi connectivity index (χ4n) is 5.25. The van der Waals surface area contributed by atoms with Crippen LogP contribution in [0.4, 0.5) is 4.79 Å². The van der Waals surface area contributed by atoms with Crippen LogP contribution in [-0.2, 0) is 22.5 Å². The van der Waals surface area contributed by atoms with Gasteiger partial charge < -0.3 is 24.6 Å². The Hall–Kier alpha value is -4.70. The number of aromatic nitrogens is 1. The number of nitrogens with zero attached hydrogens (tertiary/aromatic N) is 3. The van der Waals surface area contributed by atoms with Gasteiger partial charge in [0.1, 0.15) is 11.4 Å². The van der Waals surface area contributed by atoms with Crippen LogP contribution in [0.15, 0.2) is 84.4 Å². The van der Waals surface area contributed by atoms with E-state index in [1.165, 1.54) is 18.3 Å². The molecule has 0 aliphatic carbocycles. The number of rotatable bonds is 8. The lowest BCUT2D eigenvalue weighted by atomic mass is 10.0. The van der Waals surface area contributed by atoms with Crippen molar-refractivity contribution in [2.75, 3.05) is 19.6 Å². The highest BCUT2D eigenvalue weighted by Crippen LogP contribution is 2.38. The van der Waals surface area contributed by atoms with E-state index in [2.05, 4.69) is 10.3 Å². The highest BCUT2D eigenvalue weighted by atomic mass is 32.1. The maximum Gasteiger partial charge on any atom is 0.410 e. The van der Waals surface area contributed by atoms with Gasteiger partial charge >= 0.3 is 6.09 Å². The molecule has 45 heavy (non-hydrogen) atoms. The standard InChI is InChI=1S/C35H38N4O5S/c1-24(40)37-22-26-13-10-17-36-32(26)43-30-15-9-8-14-28(30)29-16-20-45-31(29)33(41)39-19-18-38(34(42)44-35(2,3)4)23-27(39)21-25-11-6-5-7-12-25/h5-17,20,27H,18-19,21-23H2,1-4H3,(H,37,40). The number of amides is 3. The molecule has 234 valence electrons. The van der Waals surface area contributed by atoms with Gasteiger partial charge in [-0.2, -0.15) is 0 Å². The molecule has 0 saturated carbocycles. The Balaban J connectivity index is 1.42. The largest absolute Gasteiger partial charge is 0.444 e. The number of carbonyl (C=O) groups is 3. The molecule has 3 heterocycles. The van der Waals surface area contributed by atoms with Gasteiger partial charge in [0.25, 0.3) is 5.91 Å². The van der Waals surface area contributed by atoms with Crippen molar-refractivity contribution >= 4 is 29.2 Å². The van der Waals surface area contributed by atoms with Crippen molar-refractivity contribution in [1.82, 2.24) is 20.1 Å². The first-order valence-electron chi connectivity index (χ1n) is 14.9. The number of ether oxygens (including phenoxy) is 2. The first-order valence-corrected chi connectivity index (χ1v) is 15.8. The monoisotopic (exact) mass is 626 g/mol. The summed E-state index contributed by atoms with van der Waals surface area (Å²) in [5.74, 6) is 0.680. The number of nitrogens with one attached hydrogen (secondary N) is 1. The minimum atomic E-state index is -0.611. The summed E-state index contributed by atoms with van der Waals surface area (Å²) in [6.45, 7) is 8.42. The van der Waals surface area contributed by atoms with Crippen molar-refractivity contribution in [2.45, 2.75) is 52.3 Å². The van der Waals surface area contributed by atoms with Crippen LogP contribution < -0.4 is 10.1 Å². The number of hydrogen-bond acceptors (Lipinski definition) is 7. The predicted octanol–water partition coefficient (Wildman–Crippen LogP) is 6.54. The highest BCUT2D eigenvalue weighted by molar-refractivity contribution is 7.12. The molecule has 0 radical (unpaired) electrons. The smallest absolute Gasteiger partial charge is 0.410 e. The molecule has 9 nitrogen and oxygen atoms in total. The molecular weight excluding hydrogens is 588 g/mol. The number of benzene rings is 2. The molecule has 1 aliphatic heterocycles. The number of para-hydroxylation sites is 1. The SMILES string of the molecule is CC(=O)NCc1cccnc1Oc1ccccc1-c1ccsc1C(=O)N1CCN(C(=O)OC(C)(C)C)CC1Cc1ccccc1. The lowest BCUT2D eigenvalue weighted by Gasteiger charge is -2.41. The third kappa shape index (κ3) is 8.07. The summed E-state index contributed by atoms with van der Waals surface area (Å²) in [5, 5.41) is 4.70. The quantitative estimate of drug-likeness (QED) is 0.238. The van der Waals surface area contributed by atoms with Gasteiger partial charge in [-0.3, -0.25) is 9.59 Å². The minimum absolute atomic E-state index is 0.0937. The molecular formula is C35H38N4O5S. The summed E-state index contributed by atoms with van der Waals surface area (Å²) >= 11 is 1.38.